The zero-order valence-electron chi connectivity index (χ0n) is 12.9. The van der Waals surface area contributed by atoms with E-state index in [2.05, 4.69) is 0 Å². The van der Waals surface area contributed by atoms with Crippen LogP contribution in [-0.2, 0) is 0 Å². The summed E-state index contributed by atoms with van der Waals surface area (Å²) in [5.41, 5.74) is 4.18. The number of hydrogen-bond acceptors (Lipinski definition) is 4. The van der Waals surface area contributed by atoms with Crippen LogP contribution in [0, 0.1) is 0 Å². The molecule has 0 atom stereocenters. The summed E-state index contributed by atoms with van der Waals surface area (Å²) < 4.78 is 10.8. The number of carbonyl (C=O) groups is 1. The Hall–Kier alpha value is -2.46. The van der Waals surface area contributed by atoms with E-state index in [1.54, 1.807) is 25.9 Å². The first-order valence-corrected chi connectivity index (χ1v) is 8.36. The first-order valence-electron chi connectivity index (χ1n) is 7.13. The van der Waals surface area contributed by atoms with Crippen LogP contribution in [0.15, 0.2) is 65.5 Å². The Kier molecular flexibility index (Phi) is 4.53. The van der Waals surface area contributed by atoms with Crippen LogP contribution in [-0.4, -0.2) is 18.5 Å². The predicted octanol–water partition coefficient (Wildman–Crippen LogP) is 5.13. The van der Waals surface area contributed by atoms with Crippen LogP contribution < -0.4 is 4.74 Å². The van der Waals surface area contributed by atoms with E-state index in [4.69, 9.17) is 9.15 Å². The SMILES string of the molecule is COc1c(-c2ccoc2)ccc(-c2ccccc2)c1C(=O)SC. The van der Waals surface area contributed by atoms with Gasteiger partial charge in [0.05, 0.1) is 25.2 Å². The van der Waals surface area contributed by atoms with Gasteiger partial charge in [-0.1, -0.05) is 48.2 Å². The molecular weight excluding hydrogens is 308 g/mol. The molecule has 0 fully saturated rings. The molecule has 3 rings (SSSR count). The lowest BCUT2D eigenvalue weighted by molar-refractivity contribution is 0.108. The van der Waals surface area contributed by atoms with Gasteiger partial charge in [-0.15, -0.1) is 0 Å². The Labute approximate surface area is 139 Å². The number of hydrogen-bond donors (Lipinski definition) is 0. The van der Waals surface area contributed by atoms with Gasteiger partial charge in [0.25, 0.3) is 0 Å². The highest BCUT2D eigenvalue weighted by Gasteiger charge is 2.22. The van der Waals surface area contributed by atoms with Gasteiger partial charge in [0.15, 0.2) is 0 Å². The second-order valence-corrected chi connectivity index (χ2v) is 5.72. The number of benzene rings is 2. The van der Waals surface area contributed by atoms with Gasteiger partial charge in [0.2, 0.25) is 5.12 Å². The van der Waals surface area contributed by atoms with Crippen LogP contribution in [0.25, 0.3) is 22.3 Å². The molecule has 2 aromatic carbocycles. The van der Waals surface area contributed by atoms with E-state index in [1.807, 2.05) is 48.5 Å². The van der Waals surface area contributed by atoms with Crippen molar-refractivity contribution in [3.8, 4) is 28.0 Å². The minimum atomic E-state index is -0.0222. The van der Waals surface area contributed by atoms with E-state index in [-0.39, 0.29) is 5.12 Å². The van der Waals surface area contributed by atoms with Crippen molar-refractivity contribution in [1.82, 2.24) is 0 Å². The first kappa shape index (κ1) is 15.4. The summed E-state index contributed by atoms with van der Waals surface area (Å²) >= 11 is 1.18. The Morgan fingerprint density at radius 3 is 2.35 bits per heavy atom. The summed E-state index contributed by atoms with van der Waals surface area (Å²) in [6, 6.07) is 15.6. The lowest BCUT2D eigenvalue weighted by Crippen LogP contribution is -2.02. The molecule has 0 unspecified atom stereocenters. The number of rotatable bonds is 4. The van der Waals surface area contributed by atoms with Crippen LogP contribution in [0.2, 0.25) is 0 Å². The van der Waals surface area contributed by atoms with Crippen molar-refractivity contribution < 1.29 is 13.9 Å². The largest absolute Gasteiger partial charge is 0.495 e. The van der Waals surface area contributed by atoms with Gasteiger partial charge in [0.1, 0.15) is 5.75 Å². The highest BCUT2D eigenvalue weighted by molar-refractivity contribution is 8.13. The maximum atomic E-state index is 12.6. The molecule has 0 aliphatic heterocycles. The van der Waals surface area contributed by atoms with Crippen LogP contribution in [0.3, 0.4) is 0 Å². The van der Waals surface area contributed by atoms with Crippen molar-refractivity contribution in [2.24, 2.45) is 0 Å². The van der Waals surface area contributed by atoms with Crippen molar-refractivity contribution in [3.05, 3.63) is 66.6 Å². The average molecular weight is 324 g/mol. The molecule has 23 heavy (non-hydrogen) atoms. The second-order valence-electron chi connectivity index (χ2n) is 4.94. The number of furan rings is 1. The van der Waals surface area contributed by atoms with Gasteiger partial charge in [0, 0.05) is 11.1 Å². The molecule has 0 saturated carbocycles. The Morgan fingerprint density at radius 1 is 1.00 bits per heavy atom. The summed E-state index contributed by atoms with van der Waals surface area (Å²) in [7, 11) is 1.59. The van der Waals surface area contributed by atoms with Gasteiger partial charge >= 0.3 is 0 Å². The summed E-state index contributed by atoms with van der Waals surface area (Å²) in [6.07, 6.45) is 5.03. The van der Waals surface area contributed by atoms with Crippen molar-refractivity contribution in [3.63, 3.8) is 0 Å². The van der Waals surface area contributed by atoms with E-state index in [9.17, 15) is 4.79 Å². The molecule has 0 radical (unpaired) electrons. The van der Waals surface area contributed by atoms with Crippen molar-refractivity contribution in [1.29, 1.82) is 0 Å². The normalized spacial score (nSPS) is 10.5. The topological polar surface area (TPSA) is 39.4 Å². The molecule has 0 bridgehead atoms. The maximum absolute atomic E-state index is 12.6. The molecule has 3 aromatic rings. The first-order chi connectivity index (χ1) is 11.3. The molecule has 1 heterocycles. The Bertz CT molecular complexity index is 808. The molecule has 1 aromatic heterocycles. The van der Waals surface area contributed by atoms with E-state index in [1.165, 1.54) is 11.8 Å². The minimum Gasteiger partial charge on any atom is -0.495 e. The highest BCUT2D eigenvalue weighted by Crippen LogP contribution is 2.40. The smallest absolute Gasteiger partial charge is 0.223 e. The van der Waals surface area contributed by atoms with Gasteiger partial charge in [-0.2, -0.15) is 0 Å². The quantitative estimate of drug-likeness (QED) is 0.667. The van der Waals surface area contributed by atoms with Crippen LogP contribution in [0.5, 0.6) is 5.75 Å². The molecule has 0 saturated heterocycles. The molecular formula is C19H16O3S. The summed E-state index contributed by atoms with van der Waals surface area (Å²) in [4.78, 5) is 12.6. The molecule has 116 valence electrons. The standard InChI is InChI=1S/C19H16O3S/c1-21-18-16(14-10-11-22-12-14)9-8-15(17(18)19(20)23-2)13-6-4-3-5-7-13/h3-12H,1-2H3. The third kappa shape index (κ3) is 2.90. The molecule has 0 aliphatic carbocycles. The monoisotopic (exact) mass is 324 g/mol. The van der Waals surface area contributed by atoms with Gasteiger partial charge in [-0.05, 0) is 29.5 Å². The third-order valence-corrected chi connectivity index (χ3v) is 4.24. The zero-order chi connectivity index (χ0) is 16.2. The minimum absolute atomic E-state index is 0.0222. The lowest BCUT2D eigenvalue weighted by atomic mass is 9.95. The third-order valence-electron chi connectivity index (χ3n) is 3.67. The van der Waals surface area contributed by atoms with Gasteiger partial charge in [-0.25, -0.2) is 0 Å². The van der Waals surface area contributed by atoms with Crippen LogP contribution >= 0.6 is 11.8 Å². The fourth-order valence-corrected chi connectivity index (χ4v) is 3.01. The number of thioether (sulfide) groups is 1. The molecule has 0 aliphatic rings. The van der Waals surface area contributed by atoms with Gasteiger partial charge in [-0.3, -0.25) is 4.79 Å². The predicted molar refractivity (Wildman–Crippen MR) is 94.0 cm³/mol. The van der Waals surface area contributed by atoms with Gasteiger partial charge < -0.3 is 9.15 Å². The fourth-order valence-electron chi connectivity index (χ4n) is 2.60. The molecule has 0 amide bonds. The Morgan fingerprint density at radius 2 is 1.74 bits per heavy atom. The molecule has 0 spiro atoms. The van der Waals surface area contributed by atoms with Crippen molar-refractivity contribution in [2.75, 3.05) is 13.4 Å². The van der Waals surface area contributed by atoms with E-state index >= 15 is 0 Å². The fraction of sp³-hybridized carbons (Fsp3) is 0.105. The average Bonchev–Trinajstić information content (AvgIpc) is 3.14. The zero-order valence-corrected chi connectivity index (χ0v) is 13.7. The number of methoxy groups -OCH3 is 1. The van der Waals surface area contributed by atoms with E-state index in [0.29, 0.717) is 11.3 Å². The maximum Gasteiger partial charge on any atom is 0.223 e. The molecule has 0 N–H and O–H groups in total. The van der Waals surface area contributed by atoms with Crippen LogP contribution in [0.4, 0.5) is 0 Å². The van der Waals surface area contributed by atoms with E-state index < -0.39 is 0 Å². The number of carbonyl (C=O) groups excluding carboxylic acids is 1. The van der Waals surface area contributed by atoms with Crippen molar-refractivity contribution in [2.45, 2.75) is 0 Å². The number of ether oxygens (including phenoxy) is 1. The lowest BCUT2D eigenvalue weighted by Gasteiger charge is -2.16. The van der Waals surface area contributed by atoms with E-state index in [0.717, 1.165) is 22.3 Å². The summed E-state index contributed by atoms with van der Waals surface area (Å²) in [6.45, 7) is 0. The molecule has 3 nitrogen and oxygen atoms in total. The van der Waals surface area contributed by atoms with Crippen LogP contribution in [0.1, 0.15) is 10.4 Å². The summed E-state index contributed by atoms with van der Waals surface area (Å²) in [5.74, 6) is 0.576. The second kappa shape index (κ2) is 6.75. The Balaban J connectivity index is 2.28. The highest BCUT2D eigenvalue weighted by atomic mass is 32.2. The summed E-state index contributed by atoms with van der Waals surface area (Å²) in [5, 5.41) is -0.0222. The van der Waals surface area contributed by atoms with Crippen molar-refractivity contribution >= 4 is 16.9 Å². The molecule has 4 heteroatoms.